The molecule has 10 heteroatoms. The van der Waals surface area contributed by atoms with Crippen molar-refractivity contribution in [1.29, 1.82) is 0 Å². The van der Waals surface area contributed by atoms with Gasteiger partial charge in [0.25, 0.3) is 0 Å². The van der Waals surface area contributed by atoms with Gasteiger partial charge in [-0.25, -0.2) is 4.79 Å². The summed E-state index contributed by atoms with van der Waals surface area (Å²) in [7, 11) is 1.57. The summed E-state index contributed by atoms with van der Waals surface area (Å²) < 4.78 is 0. The van der Waals surface area contributed by atoms with Crippen LogP contribution in [0.2, 0.25) is 0 Å². The Morgan fingerprint density at radius 3 is 1.54 bits per heavy atom. The number of hydrogen-bond acceptors (Lipinski definition) is 6. The number of hydrogen-bond donors (Lipinski definition) is 5. The summed E-state index contributed by atoms with van der Waals surface area (Å²) in [6.07, 6.45) is 8.81. The van der Waals surface area contributed by atoms with Gasteiger partial charge in [-0.2, -0.15) is 0 Å². The first-order valence-corrected chi connectivity index (χ1v) is 16.8. The summed E-state index contributed by atoms with van der Waals surface area (Å²) >= 11 is 0. The first-order valence-electron chi connectivity index (χ1n) is 16.8. The van der Waals surface area contributed by atoms with Gasteiger partial charge in [-0.1, -0.05) is 72.8 Å². The number of nitrogens with zero attached hydrogens (tertiary/aromatic N) is 2. The van der Waals surface area contributed by atoms with Crippen LogP contribution in [0.5, 0.6) is 0 Å². The van der Waals surface area contributed by atoms with Crippen LogP contribution in [0.15, 0.2) is 134 Å². The second-order valence-electron chi connectivity index (χ2n) is 12.1. The second-order valence-corrected chi connectivity index (χ2v) is 12.1. The molecule has 0 atom stereocenters. The van der Waals surface area contributed by atoms with Crippen LogP contribution in [-0.2, 0) is 22.4 Å². The van der Waals surface area contributed by atoms with Gasteiger partial charge in [0.1, 0.15) is 0 Å². The molecule has 0 unspecified atom stereocenters. The van der Waals surface area contributed by atoms with Crippen LogP contribution in [0.3, 0.4) is 0 Å². The van der Waals surface area contributed by atoms with E-state index < -0.39 is 0 Å². The third kappa shape index (κ3) is 10.1. The number of primary amides is 2. The predicted octanol–water partition coefficient (Wildman–Crippen LogP) is 7.00. The molecule has 2 aromatic heterocycles. The van der Waals surface area contributed by atoms with Crippen LogP contribution in [0.4, 0.5) is 16.2 Å². The van der Waals surface area contributed by atoms with Crippen LogP contribution in [0.1, 0.15) is 24.0 Å². The molecule has 6 aromatic rings. The molecule has 262 valence electrons. The lowest BCUT2D eigenvalue weighted by Gasteiger charge is -2.13. The summed E-state index contributed by atoms with van der Waals surface area (Å²) in [4.78, 5) is 42.5. The van der Waals surface area contributed by atoms with E-state index in [1.54, 1.807) is 25.6 Å². The highest BCUT2D eigenvalue weighted by Gasteiger charge is 2.12. The lowest BCUT2D eigenvalue weighted by molar-refractivity contribution is -0.118. The van der Waals surface area contributed by atoms with Crippen molar-refractivity contribution in [3.8, 4) is 44.5 Å². The topological polar surface area (TPSA) is 179 Å². The Kier molecular flexibility index (Phi) is 12.4. The summed E-state index contributed by atoms with van der Waals surface area (Å²) in [5, 5.41) is 5.31. The molecule has 0 saturated carbocycles. The number of aromatic nitrogens is 2. The van der Waals surface area contributed by atoms with Crippen molar-refractivity contribution in [2.24, 2.45) is 11.5 Å². The number of nitrogen functional groups attached to an aromatic ring is 1. The van der Waals surface area contributed by atoms with E-state index in [0.717, 1.165) is 55.6 Å². The fourth-order valence-corrected chi connectivity index (χ4v) is 5.77. The minimum atomic E-state index is -0.340. The highest BCUT2D eigenvalue weighted by atomic mass is 16.2. The number of nitrogens with one attached hydrogen (secondary N) is 2. The Morgan fingerprint density at radius 2 is 1.08 bits per heavy atom. The van der Waals surface area contributed by atoms with E-state index in [4.69, 9.17) is 17.2 Å². The highest BCUT2D eigenvalue weighted by molar-refractivity contribution is 5.90. The smallest absolute Gasteiger partial charge is 0.318 e. The maximum atomic E-state index is 11.6. The standard InChI is InChI=1S/C22H22N4O2.C20H19N3O/c1-24-22(28)26-19-6-2-4-16(13-19)20-9-7-15(18-5-3-11-25-14-18)12-17(20)8-10-21(23)27;21-18-5-1-3-15(12-18)19-8-6-14(17-4-2-10-23-13-17)11-16(19)7-9-20(22)24/h2-7,9,11-14H,8,10H2,1H3,(H2,23,27)(H2,24,26,28);1-6,8,10-13H,7,9,21H2,(H2,22,24). The molecule has 0 fully saturated rings. The highest BCUT2D eigenvalue weighted by Crippen LogP contribution is 2.32. The number of amides is 4. The number of rotatable bonds is 11. The summed E-state index contributed by atoms with van der Waals surface area (Å²) in [5.41, 5.74) is 28.3. The number of benzene rings is 4. The van der Waals surface area contributed by atoms with Crippen molar-refractivity contribution in [3.05, 3.63) is 145 Å². The number of carbonyl (C=O) groups excluding carboxylic acids is 3. The van der Waals surface area contributed by atoms with E-state index in [-0.39, 0.29) is 24.3 Å². The molecule has 0 aliphatic carbocycles. The van der Waals surface area contributed by atoms with E-state index in [0.29, 0.717) is 30.6 Å². The fraction of sp³-hybridized carbons (Fsp3) is 0.119. The average Bonchev–Trinajstić information content (AvgIpc) is 3.17. The number of pyridine rings is 2. The van der Waals surface area contributed by atoms with Crippen LogP contribution in [0, 0.1) is 0 Å². The van der Waals surface area contributed by atoms with E-state index in [1.165, 1.54) is 0 Å². The Morgan fingerprint density at radius 1 is 0.577 bits per heavy atom. The zero-order valence-electron chi connectivity index (χ0n) is 28.9. The maximum absolute atomic E-state index is 11.6. The molecule has 2 heterocycles. The number of carbonyl (C=O) groups is 3. The van der Waals surface area contributed by atoms with Gasteiger partial charge in [0.2, 0.25) is 11.8 Å². The van der Waals surface area contributed by atoms with Gasteiger partial charge >= 0.3 is 6.03 Å². The van der Waals surface area contributed by atoms with E-state index in [2.05, 4.69) is 44.9 Å². The fourth-order valence-electron chi connectivity index (χ4n) is 5.77. The van der Waals surface area contributed by atoms with Gasteiger partial charge in [-0.15, -0.1) is 0 Å². The molecule has 0 aliphatic heterocycles. The molecule has 4 amide bonds. The van der Waals surface area contributed by atoms with Crippen LogP contribution < -0.4 is 27.8 Å². The Hall–Kier alpha value is -6.81. The molecule has 0 spiro atoms. The Bertz CT molecular complexity index is 2160. The summed E-state index contributed by atoms with van der Waals surface area (Å²) in [5.74, 6) is -0.645. The third-order valence-electron chi connectivity index (χ3n) is 8.34. The molecule has 8 N–H and O–H groups in total. The Balaban J connectivity index is 0.000000203. The van der Waals surface area contributed by atoms with Gasteiger partial charge in [0.15, 0.2) is 0 Å². The lowest BCUT2D eigenvalue weighted by Crippen LogP contribution is -2.24. The van der Waals surface area contributed by atoms with Crippen LogP contribution in [0.25, 0.3) is 44.5 Å². The van der Waals surface area contributed by atoms with Crippen LogP contribution >= 0.6 is 0 Å². The number of urea groups is 1. The molecule has 4 aromatic carbocycles. The molecule has 0 bridgehead atoms. The van der Waals surface area contributed by atoms with Gasteiger partial charge in [-0.05, 0) is 105 Å². The van der Waals surface area contributed by atoms with Crippen LogP contribution in [-0.4, -0.2) is 34.9 Å². The molecule has 0 saturated heterocycles. The minimum Gasteiger partial charge on any atom is -0.399 e. The maximum Gasteiger partial charge on any atom is 0.318 e. The van der Waals surface area contributed by atoms with E-state index in [9.17, 15) is 14.4 Å². The number of anilines is 2. The zero-order valence-corrected chi connectivity index (χ0v) is 28.9. The van der Waals surface area contributed by atoms with Gasteiger partial charge in [0, 0.05) is 56.1 Å². The largest absolute Gasteiger partial charge is 0.399 e. The Labute approximate surface area is 303 Å². The third-order valence-corrected chi connectivity index (χ3v) is 8.34. The van der Waals surface area contributed by atoms with Crippen molar-refractivity contribution < 1.29 is 14.4 Å². The van der Waals surface area contributed by atoms with Crippen molar-refractivity contribution in [3.63, 3.8) is 0 Å². The normalized spacial score (nSPS) is 10.4. The molecule has 6 rings (SSSR count). The molecule has 0 aliphatic rings. The van der Waals surface area contributed by atoms with E-state index >= 15 is 0 Å². The second kappa shape index (κ2) is 17.7. The summed E-state index contributed by atoms with van der Waals surface area (Å²) in [6, 6.07) is 35.2. The van der Waals surface area contributed by atoms with Crippen molar-refractivity contribution in [1.82, 2.24) is 15.3 Å². The van der Waals surface area contributed by atoms with Crippen molar-refractivity contribution >= 4 is 29.2 Å². The zero-order chi connectivity index (χ0) is 36.9. The first kappa shape index (κ1) is 36.5. The van der Waals surface area contributed by atoms with Gasteiger partial charge < -0.3 is 27.8 Å². The monoisotopic (exact) mass is 691 g/mol. The van der Waals surface area contributed by atoms with Gasteiger partial charge in [0.05, 0.1) is 0 Å². The predicted molar refractivity (Wildman–Crippen MR) is 208 cm³/mol. The lowest BCUT2D eigenvalue weighted by atomic mass is 9.92. The average molecular weight is 692 g/mol. The van der Waals surface area contributed by atoms with Gasteiger partial charge in [-0.3, -0.25) is 19.6 Å². The minimum absolute atomic E-state index is 0.264. The van der Waals surface area contributed by atoms with Crippen molar-refractivity contribution in [2.45, 2.75) is 25.7 Å². The molecule has 0 radical (unpaired) electrons. The number of nitrogens with two attached hydrogens (primary N) is 3. The summed E-state index contributed by atoms with van der Waals surface area (Å²) in [6.45, 7) is 0. The molecular weight excluding hydrogens is 651 g/mol. The van der Waals surface area contributed by atoms with E-state index in [1.807, 2.05) is 91.1 Å². The molecular formula is C42H41N7O3. The van der Waals surface area contributed by atoms with Crippen molar-refractivity contribution in [2.75, 3.05) is 18.1 Å². The quantitative estimate of drug-likeness (QED) is 0.0913. The number of aryl methyl sites for hydroxylation is 2. The molecule has 10 nitrogen and oxygen atoms in total. The molecule has 52 heavy (non-hydrogen) atoms. The first-order chi connectivity index (χ1) is 25.2. The SMILES string of the molecule is CNC(=O)Nc1cccc(-c2ccc(-c3cccnc3)cc2CCC(N)=O)c1.NC(=O)CCc1cc(-c2cccnc2)ccc1-c1cccc(N)c1.